The van der Waals surface area contributed by atoms with Gasteiger partial charge in [-0.25, -0.2) is 0 Å². The van der Waals surface area contributed by atoms with Gasteiger partial charge in [-0.05, 0) is 53.6 Å². The minimum atomic E-state index is -0.141. The molecule has 0 saturated carbocycles. The van der Waals surface area contributed by atoms with Gasteiger partial charge in [0, 0.05) is 24.6 Å². The van der Waals surface area contributed by atoms with Crippen LogP contribution >= 0.6 is 0 Å². The zero-order valence-corrected chi connectivity index (χ0v) is 17.0. The molecule has 0 aliphatic carbocycles. The van der Waals surface area contributed by atoms with E-state index in [4.69, 9.17) is 4.74 Å². The molecule has 2 saturated heterocycles. The van der Waals surface area contributed by atoms with Crippen LogP contribution in [0.5, 0.6) is 0 Å². The van der Waals surface area contributed by atoms with Gasteiger partial charge in [-0.1, -0.05) is 29.8 Å². The van der Waals surface area contributed by atoms with Crippen molar-refractivity contribution >= 4 is 11.7 Å². The summed E-state index contributed by atoms with van der Waals surface area (Å²) in [5.74, 6) is 0.486. The lowest BCUT2D eigenvalue weighted by molar-refractivity contribution is -0.148. The molecule has 3 rings (SSSR count). The van der Waals surface area contributed by atoms with Gasteiger partial charge in [0.15, 0.2) is 5.78 Å². The number of benzene rings is 1. The van der Waals surface area contributed by atoms with Crippen LogP contribution in [0.3, 0.4) is 0 Å². The molecule has 1 aromatic rings. The number of morpholine rings is 1. The van der Waals surface area contributed by atoms with Crippen molar-refractivity contribution in [1.29, 1.82) is 0 Å². The van der Waals surface area contributed by atoms with Crippen LogP contribution in [-0.4, -0.2) is 65.9 Å². The summed E-state index contributed by atoms with van der Waals surface area (Å²) in [5.41, 5.74) is 1.97. The number of hydrogen-bond acceptors (Lipinski definition) is 4. The fourth-order valence-electron chi connectivity index (χ4n) is 4.28. The van der Waals surface area contributed by atoms with Crippen molar-refractivity contribution in [3.8, 4) is 0 Å². The van der Waals surface area contributed by atoms with Crippen molar-refractivity contribution in [1.82, 2.24) is 9.80 Å². The topological polar surface area (TPSA) is 49.9 Å². The second kappa shape index (κ2) is 8.53. The van der Waals surface area contributed by atoms with Gasteiger partial charge in [0.25, 0.3) is 0 Å². The number of piperidine rings is 1. The molecule has 0 N–H and O–H groups in total. The fraction of sp³-hybridized carbons (Fsp3) is 0.636. The largest absolute Gasteiger partial charge is 0.372 e. The molecule has 2 fully saturated rings. The van der Waals surface area contributed by atoms with Crippen LogP contribution in [0.15, 0.2) is 24.3 Å². The summed E-state index contributed by atoms with van der Waals surface area (Å²) >= 11 is 0. The molecule has 2 aliphatic heterocycles. The van der Waals surface area contributed by atoms with Gasteiger partial charge >= 0.3 is 0 Å². The lowest BCUT2D eigenvalue weighted by Gasteiger charge is -2.40. The third kappa shape index (κ3) is 4.77. The Morgan fingerprint density at radius 1 is 1.04 bits per heavy atom. The SMILES string of the molecule is Cc1ccc(C(=O)C2CCN(C(C)C(=O)N3CC(C)OC(C)C3)CC2)cc1. The molecule has 0 bridgehead atoms. The molecule has 1 aromatic carbocycles. The van der Waals surface area contributed by atoms with Crippen LogP contribution in [0.25, 0.3) is 0 Å². The van der Waals surface area contributed by atoms with Crippen LogP contribution in [0.4, 0.5) is 0 Å². The van der Waals surface area contributed by atoms with Crippen molar-refractivity contribution in [3.05, 3.63) is 35.4 Å². The smallest absolute Gasteiger partial charge is 0.239 e. The maximum Gasteiger partial charge on any atom is 0.239 e. The van der Waals surface area contributed by atoms with Crippen molar-refractivity contribution in [2.24, 2.45) is 5.92 Å². The molecule has 148 valence electrons. The number of carbonyl (C=O) groups is 2. The lowest BCUT2D eigenvalue weighted by atomic mass is 9.88. The van der Waals surface area contributed by atoms with E-state index in [1.54, 1.807) is 0 Å². The summed E-state index contributed by atoms with van der Waals surface area (Å²) in [4.78, 5) is 29.8. The molecule has 2 aliphatic rings. The van der Waals surface area contributed by atoms with Crippen LogP contribution in [0, 0.1) is 12.8 Å². The summed E-state index contributed by atoms with van der Waals surface area (Å²) in [6.45, 7) is 11.0. The van der Waals surface area contributed by atoms with Gasteiger partial charge in [-0.15, -0.1) is 0 Å². The average molecular weight is 373 g/mol. The van der Waals surface area contributed by atoms with E-state index in [9.17, 15) is 9.59 Å². The molecule has 1 amide bonds. The van der Waals surface area contributed by atoms with Crippen molar-refractivity contribution in [2.75, 3.05) is 26.2 Å². The molecular formula is C22H32N2O3. The molecule has 0 aromatic heterocycles. The first-order valence-electron chi connectivity index (χ1n) is 10.1. The van der Waals surface area contributed by atoms with Crippen molar-refractivity contribution < 1.29 is 14.3 Å². The van der Waals surface area contributed by atoms with E-state index >= 15 is 0 Å². The number of ketones is 1. The number of amides is 1. The molecular weight excluding hydrogens is 340 g/mol. The van der Waals surface area contributed by atoms with Crippen molar-refractivity contribution in [3.63, 3.8) is 0 Å². The molecule has 0 radical (unpaired) electrons. The summed E-state index contributed by atoms with van der Waals surface area (Å²) in [6.07, 6.45) is 1.81. The predicted octanol–water partition coefficient (Wildman–Crippen LogP) is 2.91. The zero-order chi connectivity index (χ0) is 19.6. The van der Waals surface area contributed by atoms with Gasteiger partial charge in [-0.3, -0.25) is 14.5 Å². The Bertz CT molecular complexity index is 655. The Labute approximate surface area is 162 Å². The van der Waals surface area contributed by atoms with Crippen LogP contribution in [0.1, 0.15) is 49.5 Å². The quantitative estimate of drug-likeness (QED) is 0.763. The van der Waals surface area contributed by atoms with E-state index in [1.807, 2.05) is 56.9 Å². The Balaban J connectivity index is 1.54. The number of likely N-dealkylation sites (tertiary alicyclic amines) is 1. The van der Waals surface area contributed by atoms with E-state index in [1.165, 1.54) is 5.56 Å². The molecule has 5 heteroatoms. The molecule has 2 heterocycles. The molecule has 5 nitrogen and oxygen atoms in total. The van der Waals surface area contributed by atoms with Gasteiger partial charge in [0.2, 0.25) is 5.91 Å². The molecule has 0 spiro atoms. The highest BCUT2D eigenvalue weighted by molar-refractivity contribution is 5.98. The number of rotatable bonds is 4. The number of Topliss-reactive ketones (excluding diaryl/α,β-unsaturated/α-hetero) is 1. The highest BCUT2D eigenvalue weighted by Gasteiger charge is 2.34. The monoisotopic (exact) mass is 372 g/mol. The number of hydrogen-bond donors (Lipinski definition) is 0. The van der Waals surface area contributed by atoms with Gasteiger partial charge in [0.05, 0.1) is 18.2 Å². The summed E-state index contributed by atoms with van der Waals surface area (Å²) in [6, 6.07) is 7.70. The zero-order valence-electron chi connectivity index (χ0n) is 17.0. The highest BCUT2D eigenvalue weighted by Crippen LogP contribution is 2.24. The summed E-state index contributed by atoms with van der Waals surface area (Å²) < 4.78 is 5.74. The second-order valence-corrected chi connectivity index (χ2v) is 8.22. The average Bonchev–Trinajstić information content (AvgIpc) is 2.66. The van der Waals surface area contributed by atoms with E-state index in [2.05, 4.69) is 4.90 Å². The number of nitrogens with zero attached hydrogens (tertiary/aromatic N) is 2. The minimum absolute atomic E-state index is 0.0645. The molecule has 3 unspecified atom stereocenters. The first-order chi connectivity index (χ1) is 12.8. The van der Waals surface area contributed by atoms with Crippen LogP contribution < -0.4 is 0 Å². The Morgan fingerprint density at radius 3 is 2.15 bits per heavy atom. The summed E-state index contributed by atoms with van der Waals surface area (Å²) in [7, 11) is 0. The lowest BCUT2D eigenvalue weighted by Crippen LogP contribution is -2.55. The van der Waals surface area contributed by atoms with E-state index < -0.39 is 0 Å². The molecule has 3 atom stereocenters. The van der Waals surface area contributed by atoms with E-state index in [-0.39, 0.29) is 35.9 Å². The Kier molecular flexibility index (Phi) is 6.33. The van der Waals surface area contributed by atoms with Gasteiger partial charge < -0.3 is 9.64 Å². The Hall–Kier alpha value is -1.72. The number of carbonyl (C=O) groups excluding carboxylic acids is 2. The third-order valence-electron chi connectivity index (χ3n) is 5.87. The van der Waals surface area contributed by atoms with Crippen LogP contribution in [-0.2, 0) is 9.53 Å². The first-order valence-corrected chi connectivity index (χ1v) is 10.1. The normalized spacial score (nSPS) is 26.0. The maximum atomic E-state index is 12.9. The van der Waals surface area contributed by atoms with Crippen molar-refractivity contribution in [2.45, 2.75) is 58.8 Å². The van der Waals surface area contributed by atoms with E-state index in [0.29, 0.717) is 13.1 Å². The number of ether oxygens (including phenoxy) is 1. The van der Waals surface area contributed by atoms with Gasteiger partial charge in [-0.2, -0.15) is 0 Å². The second-order valence-electron chi connectivity index (χ2n) is 8.22. The first kappa shape index (κ1) is 20.0. The summed E-state index contributed by atoms with van der Waals surface area (Å²) in [5, 5.41) is 0. The fourth-order valence-corrected chi connectivity index (χ4v) is 4.28. The molecule has 27 heavy (non-hydrogen) atoms. The minimum Gasteiger partial charge on any atom is -0.372 e. The Morgan fingerprint density at radius 2 is 1.59 bits per heavy atom. The number of aryl methyl sites for hydroxylation is 1. The standard InChI is InChI=1S/C22H32N2O3/c1-15-5-7-19(8-6-15)21(25)20-9-11-23(12-10-20)18(4)22(26)24-13-16(2)27-17(3)14-24/h5-8,16-18,20H,9-14H2,1-4H3. The van der Waals surface area contributed by atoms with Crippen LogP contribution in [0.2, 0.25) is 0 Å². The van der Waals surface area contributed by atoms with E-state index in [0.717, 1.165) is 31.5 Å². The van der Waals surface area contributed by atoms with Gasteiger partial charge in [0.1, 0.15) is 0 Å². The third-order valence-corrected chi connectivity index (χ3v) is 5.87. The highest BCUT2D eigenvalue weighted by atomic mass is 16.5. The predicted molar refractivity (Wildman–Crippen MR) is 106 cm³/mol. The maximum absolute atomic E-state index is 12.9.